The van der Waals surface area contributed by atoms with Crippen LogP contribution in [0.1, 0.15) is 18.4 Å². The SMILES string of the molecule is NNC(=O)C1CCCN1Cc1ccccc1. The highest BCUT2D eigenvalue weighted by molar-refractivity contribution is 5.81. The number of nitrogens with two attached hydrogens (primary N) is 1. The van der Waals surface area contributed by atoms with Crippen molar-refractivity contribution in [3.63, 3.8) is 0 Å². The molecule has 1 aliphatic heterocycles. The molecule has 0 aromatic heterocycles. The lowest BCUT2D eigenvalue weighted by Crippen LogP contribution is -2.45. The predicted octanol–water partition coefficient (Wildman–Crippen LogP) is 0.641. The van der Waals surface area contributed by atoms with Crippen LogP contribution in [0.2, 0.25) is 0 Å². The minimum atomic E-state index is -0.0755. The van der Waals surface area contributed by atoms with Gasteiger partial charge in [0.2, 0.25) is 0 Å². The maximum atomic E-state index is 11.5. The molecule has 0 saturated carbocycles. The first-order valence-corrected chi connectivity index (χ1v) is 5.59. The highest BCUT2D eigenvalue weighted by atomic mass is 16.2. The van der Waals surface area contributed by atoms with Crippen LogP contribution in [0.25, 0.3) is 0 Å². The average molecular weight is 219 g/mol. The summed E-state index contributed by atoms with van der Waals surface area (Å²) in [6.07, 6.45) is 1.96. The third-order valence-electron chi connectivity index (χ3n) is 3.04. The van der Waals surface area contributed by atoms with Crippen molar-refractivity contribution in [2.45, 2.75) is 25.4 Å². The zero-order valence-corrected chi connectivity index (χ0v) is 9.23. The molecule has 4 nitrogen and oxygen atoms in total. The molecular weight excluding hydrogens is 202 g/mol. The molecule has 4 heteroatoms. The molecule has 86 valence electrons. The fraction of sp³-hybridized carbons (Fsp3) is 0.417. The molecule has 2 rings (SSSR count). The number of hydrogen-bond donors (Lipinski definition) is 2. The van der Waals surface area contributed by atoms with E-state index in [1.54, 1.807) is 0 Å². The Labute approximate surface area is 95.4 Å². The molecule has 0 radical (unpaired) electrons. The zero-order chi connectivity index (χ0) is 11.4. The molecule has 1 atom stereocenters. The predicted molar refractivity (Wildman–Crippen MR) is 62.2 cm³/mol. The van der Waals surface area contributed by atoms with Crippen molar-refractivity contribution in [3.8, 4) is 0 Å². The Bertz CT molecular complexity index is 353. The Morgan fingerprint density at radius 2 is 2.19 bits per heavy atom. The average Bonchev–Trinajstić information content (AvgIpc) is 2.77. The number of amides is 1. The van der Waals surface area contributed by atoms with Crippen LogP contribution in [0.5, 0.6) is 0 Å². The van der Waals surface area contributed by atoms with Crippen molar-refractivity contribution in [3.05, 3.63) is 35.9 Å². The minimum absolute atomic E-state index is 0.0646. The van der Waals surface area contributed by atoms with Gasteiger partial charge < -0.3 is 0 Å². The van der Waals surface area contributed by atoms with E-state index in [0.717, 1.165) is 25.9 Å². The van der Waals surface area contributed by atoms with E-state index < -0.39 is 0 Å². The molecule has 1 unspecified atom stereocenters. The van der Waals surface area contributed by atoms with Crippen LogP contribution in [-0.4, -0.2) is 23.4 Å². The summed E-state index contributed by atoms with van der Waals surface area (Å²) in [5.74, 6) is 5.11. The van der Waals surface area contributed by atoms with Crippen molar-refractivity contribution >= 4 is 5.91 Å². The second-order valence-corrected chi connectivity index (χ2v) is 4.12. The van der Waals surface area contributed by atoms with Gasteiger partial charge in [-0.3, -0.25) is 15.1 Å². The van der Waals surface area contributed by atoms with Gasteiger partial charge in [0.1, 0.15) is 0 Å². The monoisotopic (exact) mass is 219 g/mol. The molecule has 1 heterocycles. The molecule has 0 aliphatic carbocycles. The number of nitrogens with one attached hydrogen (secondary N) is 1. The van der Waals surface area contributed by atoms with E-state index in [1.165, 1.54) is 5.56 Å². The standard InChI is InChI=1S/C12H17N3O/c13-14-12(16)11-7-4-8-15(11)9-10-5-2-1-3-6-10/h1-3,5-6,11H,4,7-9,13H2,(H,14,16). The molecule has 0 spiro atoms. The number of hydrogen-bond acceptors (Lipinski definition) is 3. The third kappa shape index (κ3) is 2.40. The van der Waals surface area contributed by atoms with Crippen LogP contribution in [0, 0.1) is 0 Å². The van der Waals surface area contributed by atoms with Gasteiger partial charge in [-0.2, -0.15) is 0 Å². The summed E-state index contributed by atoms with van der Waals surface area (Å²) in [7, 11) is 0. The van der Waals surface area contributed by atoms with Gasteiger partial charge in [0.15, 0.2) is 0 Å². The lowest BCUT2D eigenvalue weighted by Gasteiger charge is -2.22. The molecule has 1 amide bonds. The van der Waals surface area contributed by atoms with E-state index in [4.69, 9.17) is 5.84 Å². The van der Waals surface area contributed by atoms with E-state index in [1.807, 2.05) is 18.2 Å². The molecule has 1 aromatic carbocycles. The number of nitrogens with zero attached hydrogens (tertiary/aromatic N) is 1. The number of rotatable bonds is 3. The Morgan fingerprint density at radius 1 is 1.44 bits per heavy atom. The molecule has 1 aromatic rings. The Hall–Kier alpha value is -1.39. The summed E-state index contributed by atoms with van der Waals surface area (Å²) in [6.45, 7) is 1.78. The van der Waals surface area contributed by atoms with E-state index in [-0.39, 0.29) is 11.9 Å². The van der Waals surface area contributed by atoms with E-state index >= 15 is 0 Å². The smallest absolute Gasteiger partial charge is 0.251 e. The van der Waals surface area contributed by atoms with Gasteiger partial charge in [0.05, 0.1) is 6.04 Å². The lowest BCUT2D eigenvalue weighted by molar-refractivity contribution is -0.125. The third-order valence-corrected chi connectivity index (χ3v) is 3.04. The molecular formula is C12H17N3O. The van der Waals surface area contributed by atoms with Crippen molar-refractivity contribution in [2.75, 3.05) is 6.54 Å². The van der Waals surface area contributed by atoms with Crippen molar-refractivity contribution < 1.29 is 4.79 Å². The van der Waals surface area contributed by atoms with Crippen LogP contribution in [0.3, 0.4) is 0 Å². The first kappa shape index (κ1) is 11.1. The highest BCUT2D eigenvalue weighted by Crippen LogP contribution is 2.19. The van der Waals surface area contributed by atoms with Gasteiger partial charge >= 0.3 is 0 Å². The molecule has 3 N–H and O–H groups in total. The van der Waals surface area contributed by atoms with Crippen LogP contribution < -0.4 is 11.3 Å². The highest BCUT2D eigenvalue weighted by Gasteiger charge is 2.29. The van der Waals surface area contributed by atoms with E-state index in [9.17, 15) is 4.79 Å². The second-order valence-electron chi connectivity index (χ2n) is 4.12. The number of benzene rings is 1. The topological polar surface area (TPSA) is 58.4 Å². The summed E-state index contributed by atoms with van der Waals surface area (Å²) in [4.78, 5) is 13.7. The maximum Gasteiger partial charge on any atom is 0.251 e. The summed E-state index contributed by atoms with van der Waals surface area (Å²) in [5, 5.41) is 0. The Kier molecular flexibility index (Phi) is 3.54. The first-order chi connectivity index (χ1) is 7.81. The number of hydrazine groups is 1. The van der Waals surface area contributed by atoms with Crippen LogP contribution in [0.15, 0.2) is 30.3 Å². The quantitative estimate of drug-likeness (QED) is 0.445. The van der Waals surface area contributed by atoms with Crippen LogP contribution in [0.4, 0.5) is 0 Å². The second kappa shape index (κ2) is 5.09. The summed E-state index contributed by atoms with van der Waals surface area (Å²) in [5.41, 5.74) is 3.48. The molecule has 1 saturated heterocycles. The molecule has 1 fully saturated rings. The summed E-state index contributed by atoms with van der Waals surface area (Å²) >= 11 is 0. The minimum Gasteiger partial charge on any atom is -0.293 e. The Morgan fingerprint density at radius 3 is 2.88 bits per heavy atom. The maximum absolute atomic E-state index is 11.5. The number of carbonyl (C=O) groups is 1. The van der Waals surface area contributed by atoms with Gasteiger partial charge in [-0.25, -0.2) is 5.84 Å². The van der Waals surface area contributed by atoms with Gasteiger partial charge in [-0.05, 0) is 24.9 Å². The largest absolute Gasteiger partial charge is 0.293 e. The number of likely N-dealkylation sites (tertiary alicyclic amines) is 1. The van der Waals surface area contributed by atoms with Crippen LogP contribution >= 0.6 is 0 Å². The summed E-state index contributed by atoms with van der Waals surface area (Å²) < 4.78 is 0. The van der Waals surface area contributed by atoms with Crippen molar-refractivity contribution in [1.82, 2.24) is 10.3 Å². The van der Waals surface area contributed by atoms with Gasteiger partial charge in [-0.15, -0.1) is 0 Å². The lowest BCUT2D eigenvalue weighted by atomic mass is 10.2. The van der Waals surface area contributed by atoms with E-state index in [2.05, 4.69) is 22.5 Å². The molecule has 0 bridgehead atoms. The number of carbonyl (C=O) groups excluding carboxylic acids is 1. The fourth-order valence-corrected chi connectivity index (χ4v) is 2.23. The Balaban J connectivity index is 2.01. The first-order valence-electron chi connectivity index (χ1n) is 5.59. The van der Waals surface area contributed by atoms with Gasteiger partial charge in [0, 0.05) is 6.54 Å². The van der Waals surface area contributed by atoms with Crippen molar-refractivity contribution in [2.24, 2.45) is 5.84 Å². The van der Waals surface area contributed by atoms with Gasteiger partial charge in [0.25, 0.3) is 5.91 Å². The van der Waals surface area contributed by atoms with Crippen LogP contribution in [-0.2, 0) is 11.3 Å². The van der Waals surface area contributed by atoms with Gasteiger partial charge in [-0.1, -0.05) is 30.3 Å². The van der Waals surface area contributed by atoms with E-state index in [0.29, 0.717) is 0 Å². The zero-order valence-electron chi connectivity index (χ0n) is 9.23. The normalized spacial score (nSPS) is 20.9. The van der Waals surface area contributed by atoms with Crippen molar-refractivity contribution in [1.29, 1.82) is 0 Å². The summed E-state index contributed by atoms with van der Waals surface area (Å²) in [6, 6.07) is 10.1. The molecule has 1 aliphatic rings. The fourth-order valence-electron chi connectivity index (χ4n) is 2.23. The molecule has 16 heavy (non-hydrogen) atoms.